The van der Waals surface area contributed by atoms with Gasteiger partial charge in [0.15, 0.2) is 0 Å². The van der Waals surface area contributed by atoms with Gasteiger partial charge < -0.3 is 4.98 Å². The molecule has 3 heteroatoms. The smallest absolute Gasteiger partial charge is 0.0980 e. The Hall–Kier alpha value is -2.06. The van der Waals surface area contributed by atoms with Crippen LogP contribution in [0.2, 0.25) is 5.02 Å². The fourth-order valence-corrected chi connectivity index (χ4v) is 2.87. The zero-order valence-electron chi connectivity index (χ0n) is 10.4. The average molecular weight is 267 g/mol. The summed E-state index contributed by atoms with van der Waals surface area (Å²) in [4.78, 5) is 8.12. The van der Waals surface area contributed by atoms with Gasteiger partial charge in [0, 0.05) is 16.3 Å². The fraction of sp³-hybridized carbons (Fsp3) is 0.0625. The molecule has 0 aliphatic carbocycles. The molecule has 2 nitrogen and oxygen atoms in total. The summed E-state index contributed by atoms with van der Waals surface area (Å²) in [5.41, 5.74) is 5.05. The molecule has 1 N–H and O–H groups in total. The average Bonchev–Trinajstić information content (AvgIpc) is 2.79. The number of benzene rings is 2. The van der Waals surface area contributed by atoms with Gasteiger partial charge in [0.1, 0.15) is 0 Å². The molecule has 2 heterocycles. The number of aromatic nitrogens is 2. The topological polar surface area (TPSA) is 28.7 Å². The Bertz CT molecular complexity index is 938. The van der Waals surface area contributed by atoms with Crippen molar-refractivity contribution >= 4 is 44.4 Å². The summed E-state index contributed by atoms with van der Waals surface area (Å²) in [6.07, 6.45) is 0. The predicted molar refractivity (Wildman–Crippen MR) is 80.9 cm³/mol. The van der Waals surface area contributed by atoms with Crippen LogP contribution in [-0.4, -0.2) is 9.97 Å². The second-order valence-electron chi connectivity index (χ2n) is 4.84. The fourth-order valence-electron chi connectivity index (χ4n) is 2.58. The van der Waals surface area contributed by atoms with Gasteiger partial charge in [-0.25, -0.2) is 4.98 Å². The molecule has 0 unspecified atom stereocenters. The van der Waals surface area contributed by atoms with Crippen LogP contribution < -0.4 is 0 Å². The summed E-state index contributed by atoms with van der Waals surface area (Å²) in [7, 11) is 0. The Morgan fingerprint density at radius 3 is 2.79 bits per heavy atom. The van der Waals surface area contributed by atoms with Crippen LogP contribution in [0.25, 0.3) is 32.8 Å². The summed E-state index contributed by atoms with van der Waals surface area (Å²) in [5.74, 6) is 0. The van der Waals surface area contributed by atoms with Gasteiger partial charge in [-0.15, -0.1) is 0 Å². The Kier molecular flexibility index (Phi) is 2.12. The van der Waals surface area contributed by atoms with Crippen molar-refractivity contribution in [2.24, 2.45) is 0 Å². The first-order valence-corrected chi connectivity index (χ1v) is 6.58. The number of aromatic amines is 1. The minimum atomic E-state index is 0.750. The third kappa shape index (κ3) is 1.47. The molecule has 0 aliphatic rings. The number of fused-ring (bicyclic) bond motifs is 4. The van der Waals surface area contributed by atoms with E-state index < -0.39 is 0 Å². The Labute approximate surface area is 115 Å². The molecule has 0 radical (unpaired) electrons. The molecule has 92 valence electrons. The molecule has 0 saturated carbocycles. The summed E-state index contributed by atoms with van der Waals surface area (Å²) in [6, 6.07) is 14.3. The maximum absolute atomic E-state index is 6.55. The maximum atomic E-state index is 6.55. The van der Waals surface area contributed by atoms with E-state index in [-0.39, 0.29) is 0 Å². The normalized spacial score (nSPS) is 11.7. The van der Waals surface area contributed by atoms with Crippen molar-refractivity contribution in [3.8, 4) is 0 Å². The molecule has 0 saturated heterocycles. The van der Waals surface area contributed by atoms with Crippen molar-refractivity contribution in [1.82, 2.24) is 9.97 Å². The maximum Gasteiger partial charge on any atom is 0.0980 e. The van der Waals surface area contributed by atoms with Crippen LogP contribution >= 0.6 is 11.6 Å². The van der Waals surface area contributed by atoms with E-state index in [1.54, 1.807) is 0 Å². The number of pyridine rings is 1. The lowest BCUT2D eigenvalue weighted by molar-refractivity contribution is 1.45. The van der Waals surface area contributed by atoms with Crippen LogP contribution in [0.1, 0.15) is 5.56 Å². The number of hydrogen-bond donors (Lipinski definition) is 1. The zero-order valence-corrected chi connectivity index (χ0v) is 11.1. The molecule has 0 fully saturated rings. The second-order valence-corrected chi connectivity index (χ2v) is 5.22. The molecule has 0 spiro atoms. The van der Waals surface area contributed by atoms with Crippen LogP contribution in [0.4, 0.5) is 0 Å². The van der Waals surface area contributed by atoms with E-state index in [1.807, 2.05) is 24.3 Å². The van der Waals surface area contributed by atoms with Crippen LogP contribution in [0.15, 0.2) is 42.5 Å². The Morgan fingerprint density at radius 1 is 1.05 bits per heavy atom. The van der Waals surface area contributed by atoms with Crippen molar-refractivity contribution in [2.45, 2.75) is 6.92 Å². The van der Waals surface area contributed by atoms with E-state index >= 15 is 0 Å². The summed E-state index contributed by atoms with van der Waals surface area (Å²) >= 11 is 6.55. The number of halogens is 1. The lowest BCUT2D eigenvalue weighted by atomic mass is 10.1. The third-order valence-corrected chi connectivity index (χ3v) is 3.91. The Morgan fingerprint density at radius 2 is 1.89 bits per heavy atom. The molecule has 19 heavy (non-hydrogen) atoms. The zero-order chi connectivity index (χ0) is 13.0. The number of nitrogens with zero attached hydrogens (tertiary/aromatic N) is 1. The van der Waals surface area contributed by atoms with Crippen molar-refractivity contribution in [3.63, 3.8) is 0 Å². The van der Waals surface area contributed by atoms with Crippen LogP contribution in [-0.2, 0) is 0 Å². The van der Waals surface area contributed by atoms with Gasteiger partial charge in [0.05, 0.1) is 21.6 Å². The van der Waals surface area contributed by atoms with Gasteiger partial charge in [-0.2, -0.15) is 0 Å². The lowest BCUT2D eigenvalue weighted by Crippen LogP contribution is -1.84. The lowest BCUT2D eigenvalue weighted by Gasteiger charge is -2.03. The quantitative estimate of drug-likeness (QED) is 0.485. The molecular formula is C16H11ClN2. The number of hydrogen-bond acceptors (Lipinski definition) is 1. The second kappa shape index (κ2) is 3.72. The molecular weight excluding hydrogens is 256 g/mol. The third-order valence-electron chi connectivity index (χ3n) is 3.52. The highest BCUT2D eigenvalue weighted by molar-refractivity contribution is 6.40. The summed E-state index contributed by atoms with van der Waals surface area (Å²) < 4.78 is 0. The SMILES string of the molecule is Cc1ccc2nc3c([nH]c4ccccc43)c(Cl)c2c1. The minimum Gasteiger partial charge on any atom is -0.352 e. The van der Waals surface area contributed by atoms with Crippen molar-refractivity contribution in [2.75, 3.05) is 0 Å². The van der Waals surface area contributed by atoms with E-state index in [4.69, 9.17) is 16.6 Å². The van der Waals surface area contributed by atoms with E-state index in [0.717, 1.165) is 37.9 Å². The molecule has 2 aromatic heterocycles. The van der Waals surface area contributed by atoms with Gasteiger partial charge in [0.25, 0.3) is 0 Å². The molecule has 0 aliphatic heterocycles. The Balaban J connectivity index is 2.29. The van der Waals surface area contributed by atoms with E-state index in [0.29, 0.717) is 0 Å². The van der Waals surface area contributed by atoms with Gasteiger partial charge in [-0.05, 0) is 25.1 Å². The highest BCUT2D eigenvalue weighted by Crippen LogP contribution is 2.34. The van der Waals surface area contributed by atoms with Crippen molar-refractivity contribution in [3.05, 3.63) is 53.1 Å². The largest absolute Gasteiger partial charge is 0.352 e. The molecule has 0 bridgehead atoms. The van der Waals surface area contributed by atoms with Crippen LogP contribution in [0.3, 0.4) is 0 Å². The van der Waals surface area contributed by atoms with Gasteiger partial charge >= 0.3 is 0 Å². The van der Waals surface area contributed by atoms with Crippen LogP contribution in [0.5, 0.6) is 0 Å². The number of para-hydroxylation sites is 1. The number of nitrogens with one attached hydrogen (secondary N) is 1. The van der Waals surface area contributed by atoms with Crippen molar-refractivity contribution < 1.29 is 0 Å². The highest BCUT2D eigenvalue weighted by atomic mass is 35.5. The number of aryl methyl sites for hydroxylation is 1. The van der Waals surface area contributed by atoms with E-state index in [1.165, 1.54) is 5.56 Å². The molecule has 2 aromatic carbocycles. The van der Waals surface area contributed by atoms with Gasteiger partial charge in [-0.3, -0.25) is 0 Å². The first-order chi connectivity index (χ1) is 9.24. The molecule has 4 rings (SSSR count). The molecule has 0 atom stereocenters. The first-order valence-electron chi connectivity index (χ1n) is 6.20. The van der Waals surface area contributed by atoms with E-state index in [2.05, 4.69) is 30.1 Å². The molecule has 0 amide bonds. The highest BCUT2D eigenvalue weighted by Gasteiger charge is 2.12. The summed E-state index contributed by atoms with van der Waals surface area (Å²) in [5, 5.41) is 2.86. The standard InChI is InChI=1S/C16H11ClN2/c1-9-6-7-13-11(8-9)14(17)16-15(18-13)10-4-2-3-5-12(10)19-16/h2-8,19H,1H3. The van der Waals surface area contributed by atoms with Crippen LogP contribution in [0, 0.1) is 6.92 Å². The van der Waals surface area contributed by atoms with Crippen molar-refractivity contribution in [1.29, 1.82) is 0 Å². The monoisotopic (exact) mass is 266 g/mol. The minimum absolute atomic E-state index is 0.750. The first kappa shape index (κ1) is 10.8. The van der Waals surface area contributed by atoms with Gasteiger partial charge in [-0.1, -0.05) is 41.4 Å². The summed E-state index contributed by atoms with van der Waals surface area (Å²) in [6.45, 7) is 2.06. The van der Waals surface area contributed by atoms with E-state index in [9.17, 15) is 0 Å². The number of rotatable bonds is 0. The van der Waals surface area contributed by atoms with Gasteiger partial charge in [0.2, 0.25) is 0 Å². The molecule has 4 aromatic rings. The number of H-pyrrole nitrogens is 1. The predicted octanol–water partition coefficient (Wildman–Crippen LogP) is 4.83.